The Balaban J connectivity index is 0.000000204. The first kappa shape index (κ1) is 42.6. The summed E-state index contributed by atoms with van der Waals surface area (Å²) in [6.07, 6.45) is -0.0629. The van der Waals surface area contributed by atoms with Crippen molar-refractivity contribution in [1.29, 1.82) is 0 Å². The van der Waals surface area contributed by atoms with Gasteiger partial charge in [-0.25, -0.2) is 4.39 Å². The minimum absolute atomic E-state index is 0.147. The molecule has 2 N–H and O–H groups in total. The fourth-order valence-corrected chi connectivity index (χ4v) is 5.86. The van der Waals surface area contributed by atoms with Crippen LogP contribution in [-0.2, 0) is 29.8 Å². The van der Waals surface area contributed by atoms with E-state index in [2.05, 4.69) is 25.6 Å². The van der Waals surface area contributed by atoms with E-state index in [0.29, 0.717) is 64.9 Å². The molecule has 59 heavy (non-hydrogen) atoms. The number of nitrogens with zero attached hydrogens (tertiary/aromatic N) is 4. The van der Waals surface area contributed by atoms with Gasteiger partial charge in [0.1, 0.15) is 11.6 Å². The quantitative estimate of drug-likeness (QED) is 0.0901. The molecule has 2 atom stereocenters. The molecular formula is C46H45ClFN5O6. The molecule has 0 aliphatic rings. The van der Waals surface area contributed by atoms with Gasteiger partial charge in [-0.2, -0.15) is 9.97 Å². The third-order valence-corrected chi connectivity index (χ3v) is 9.27. The average Bonchev–Trinajstić information content (AvgIpc) is 3.95. The molecular weight excluding hydrogens is 773 g/mol. The number of rotatable bonds is 16. The third-order valence-electron chi connectivity index (χ3n) is 8.90. The largest absolute Gasteiger partial charge is 0.484 e. The highest BCUT2D eigenvalue weighted by Crippen LogP contribution is 2.23. The highest BCUT2D eigenvalue weighted by atomic mass is 35.5. The normalized spacial score (nSPS) is 12.3. The van der Waals surface area contributed by atoms with Gasteiger partial charge in [-0.15, -0.1) is 0 Å². The van der Waals surface area contributed by atoms with Gasteiger partial charge >= 0.3 is 0 Å². The molecule has 304 valence electrons. The molecule has 0 saturated carbocycles. The molecule has 0 radical (unpaired) electrons. The number of carbonyl (C=O) groups is 1. The van der Waals surface area contributed by atoms with Crippen LogP contribution in [0.2, 0.25) is 5.02 Å². The number of aromatic nitrogens is 4. The van der Waals surface area contributed by atoms with Crippen molar-refractivity contribution in [2.75, 3.05) is 13.2 Å². The lowest BCUT2D eigenvalue weighted by Crippen LogP contribution is -2.34. The minimum Gasteiger partial charge on any atom is -0.484 e. The summed E-state index contributed by atoms with van der Waals surface area (Å²) in [6.45, 7) is 6.97. The monoisotopic (exact) mass is 817 g/mol. The number of hydrogen-bond donors (Lipinski definition) is 2. The van der Waals surface area contributed by atoms with Crippen molar-refractivity contribution in [2.45, 2.75) is 58.0 Å². The smallest absolute Gasteiger partial charge is 0.264 e. The number of ketones is 1. The maximum absolute atomic E-state index is 13.0. The van der Waals surface area contributed by atoms with E-state index < -0.39 is 6.10 Å². The van der Waals surface area contributed by atoms with Crippen molar-refractivity contribution < 1.29 is 32.8 Å². The summed E-state index contributed by atoms with van der Waals surface area (Å²) in [7, 11) is 0. The molecule has 7 aromatic rings. The summed E-state index contributed by atoms with van der Waals surface area (Å²) in [4.78, 5) is 21.2. The molecule has 0 aliphatic carbocycles. The van der Waals surface area contributed by atoms with Gasteiger partial charge in [0.05, 0.1) is 25.4 Å². The molecule has 2 unspecified atom stereocenters. The molecule has 2 heterocycles. The Bertz CT molecular complexity index is 2350. The second-order valence-electron chi connectivity index (χ2n) is 14.6. The topological polar surface area (TPSA) is 146 Å². The molecule has 0 amide bonds. The maximum Gasteiger partial charge on any atom is 0.264 e. The van der Waals surface area contributed by atoms with Gasteiger partial charge in [0.2, 0.25) is 11.7 Å². The van der Waals surface area contributed by atoms with E-state index in [1.54, 1.807) is 24.3 Å². The highest BCUT2D eigenvalue weighted by molar-refractivity contribution is 6.31. The first-order valence-electron chi connectivity index (χ1n) is 19.0. The summed E-state index contributed by atoms with van der Waals surface area (Å²) >= 11 is 6.16. The van der Waals surface area contributed by atoms with Crippen LogP contribution >= 0.6 is 11.6 Å². The van der Waals surface area contributed by atoms with E-state index in [9.17, 15) is 14.3 Å². The molecule has 13 heteroatoms. The summed E-state index contributed by atoms with van der Waals surface area (Å²) in [5.41, 5.74) is 3.64. The number of hydrogen-bond acceptors (Lipinski definition) is 11. The van der Waals surface area contributed by atoms with Crippen LogP contribution in [0.1, 0.15) is 71.5 Å². The van der Waals surface area contributed by atoms with Crippen molar-refractivity contribution in [3.05, 3.63) is 184 Å². The van der Waals surface area contributed by atoms with Gasteiger partial charge in [0.15, 0.2) is 18.2 Å². The zero-order valence-corrected chi connectivity index (χ0v) is 33.7. The van der Waals surface area contributed by atoms with Gasteiger partial charge in [0.25, 0.3) is 5.89 Å². The standard InChI is InChI=1S/C26H26ClN3O3.C20H19FN2O3/c27-23-14-8-7-13-21(23)17-32-18-22(31)16-28-24(15-19-9-3-1-4-10-19)26-29-25(30-33-26)20-11-5-2-6-12-20;1-20(2,3)19-22-17(26-23-19)12-25-16-10-6-14(7-11-16)18(24)13-4-8-15(21)9-5-13/h1-14,22,24,28,31H,15-18H2;4-11H,12H2,1-3H3. The van der Waals surface area contributed by atoms with Crippen LogP contribution in [0.5, 0.6) is 5.75 Å². The molecule has 0 bridgehead atoms. The van der Waals surface area contributed by atoms with E-state index in [-0.39, 0.29) is 36.3 Å². The third kappa shape index (κ3) is 12.7. The lowest BCUT2D eigenvalue weighted by atomic mass is 9.96. The molecule has 0 aliphatic heterocycles. The zero-order valence-electron chi connectivity index (χ0n) is 32.9. The van der Waals surface area contributed by atoms with E-state index in [0.717, 1.165) is 16.7 Å². The lowest BCUT2D eigenvalue weighted by molar-refractivity contribution is 0.0271. The lowest BCUT2D eigenvalue weighted by Gasteiger charge is -2.18. The van der Waals surface area contributed by atoms with Crippen LogP contribution in [0.3, 0.4) is 0 Å². The zero-order chi connectivity index (χ0) is 41.6. The number of ether oxygens (including phenoxy) is 2. The fourth-order valence-electron chi connectivity index (χ4n) is 5.67. The van der Waals surface area contributed by atoms with Crippen LogP contribution in [-0.4, -0.2) is 50.4 Å². The Morgan fingerprint density at radius 3 is 2.10 bits per heavy atom. The fraction of sp³-hybridized carbons (Fsp3) is 0.239. The number of carbonyl (C=O) groups excluding carboxylic acids is 1. The molecule has 5 aromatic carbocycles. The number of benzene rings is 5. The molecule has 11 nitrogen and oxygen atoms in total. The summed E-state index contributed by atoms with van der Waals surface area (Å²) in [5.74, 6) is 2.05. The Labute approximate surface area is 347 Å². The van der Waals surface area contributed by atoms with Crippen LogP contribution in [0.15, 0.2) is 143 Å². The van der Waals surface area contributed by atoms with Gasteiger partial charge < -0.3 is 28.9 Å². The van der Waals surface area contributed by atoms with Crippen LogP contribution in [0.4, 0.5) is 4.39 Å². The Morgan fingerprint density at radius 2 is 1.44 bits per heavy atom. The molecule has 0 saturated heterocycles. The minimum atomic E-state index is -0.706. The molecule has 0 spiro atoms. The van der Waals surface area contributed by atoms with Crippen molar-refractivity contribution in [3.63, 3.8) is 0 Å². The van der Waals surface area contributed by atoms with Crippen LogP contribution < -0.4 is 10.1 Å². The highest BCUT2D eigenvalue weighted by Gasteiger charge is 2.22. The Kier molecular flexibility index (Phi) is 14.8. The second kappa shape index (κ2) is 20.6. The first-order chi connectivity index (χ1) is 28.5. The predicted octanol–water partition coefficient (Wildman–Crippen LogP) is 9.16. The van der Waals surface area contributed by atoms with Crippen molar-refractivity contribution >= 4 is 17.4 Å². The van der Waals surface area contributed by atoms with E-state index in [1.165, 1.54) is 24.3 Å². The van der Waals surface area contributed by atoms with E-state index >= 15 is 0 Å². The average molecular weight is 818 g/mol. The number of nitrogens with one attached hydrogen (secondary N) is 1. The summed E-state index contributed by atoms with van der Waals surface area (Å²) in [6, 6.07) is 39.2. The van der Waals surface area contributed by atoms with Crippen molar-refractivity contribution in [1.82, 2.24) is 25.6 Å². The maximum atomic E-state index is 13.0. The number of halogens is 2. The molecule has 2 aromatic heterocycles. The SMILES string of the molecule is CC(C)(C)c1noc(COc2ccc(C(=O)c3ccc(F)cc3)cc2)n1.OC(CNC(Cc1ccccc1)c1nc(-c2ccccc2)no1)COCc1ccccc1Cl. The van der Waals surface area contributed by atoms with Crippen molar-refractivity contribution in [3.8, 4) is 17.1 Å². The number of aliphatic hydroxyl groups is 1. The second-order valence-corrected chi connectivity index (χ2v) is 15.1. The van der Waals surface area contributed by atoms with Gasteiger partial charge in [-0.1, -0.05) is 122 Å². The van der Waals surface area contributed by atoms with Gasteiger partial charge in [-0.3, -0.25) is 4.79 Å². The Morgan fingerprint density at radius 1 is 0.797 bits per heavy atom. The molecule has 7 rings (SSSR count). The van der Waals surface area contributed by atoms with Gasteiger partial charge in [-0.05, 0) is 72.1 Å². The van der Waals surface area contributed by atoms with Crippen LogP contribution in [0, 0.1) is 5.82 Å². The Hall–Kier alpha value is -6.05. The summed E-state index contributed by atoms with van der Waals surface area (Å²) in [5, 5.41) is 22.5. The first-order valence-corrected chi connectivity index (χ1v) is 19.4. The molecule has 0 fully saturated rings. The summed E-state index contributed by atoms with van der Waals surface area (Å²) < 4.78 is 35.0. The van der Waals surface area contributed by atoms with Crippen LogP contribution in [0.25, 0.3) is 11.4 Å². The van der Waals surface area contributed by atoms with Crippen molar-refractivity contribution in [2.24, 2.45) is 0 Å². The van der Waals surface area contributed by atoms with E-state index in [1.807, 2.05) is 106 Å². The number of aliphatic hydroxyl groups excluding tert-OH is 1. The predicted molar refractivity (Wildman–Crippen MR) is 221 cm³/mol. The van der Waals surface area contributed by atoms with E-state index in [4.69, 9.17) is 30.1 Å². The van der Waals surface area contributed by atoms with Gasteiger partial charge in [0, 0.05) is 33.7 Å².